The lowest BCUT2D eigenvalue weighted by Gasteiger charge is -2.18. The number of thiophene rings is 1. The van der Waals surface area contributed by atoms with Gasteiger partial charge >= 0.3 is 5.97 Å². The Hall–Kier alpha value is -2.92. The zero-order valence-electron chi connectivity index (χ0n) is 19.8. The molecule has 1 unspecified atom stereocenters. The van der Waals surface area contributed by atoms with Crippen LogP contribution in [0.4, 0.5) is 9.39 Å². The summed E-state index contributed by atoms with van der Waals surface area (Å²) in [4.78, 5) is 26.6. The number of fused-ring (bicyclic) bond motifs is 1. The van der Waals surface area contributed by atoms with E-state index in [1.165, 1.54) is 35.2 Å². The molecule has 1 N–H and O–H groups in total. The Morgan fingerprint density at radius 1 is 1.29 bits per heavy atom. The fourth-order valence-electron chi connectivity index (χ4n) is 3.83. The Kier molecular flexibility index (Phi) is 8.07. The van der Waals surface area contributed by atoms with Crippen LogP contribution in [0.25, 0.3) is 0 Å². The molecule has 0 fully saturated rings. The SMILES string of the molecule is CCOC(=O)c1c(NC(=O)CSc2nnc(COc3ccc(F)cc3)n2C)sc2c1CCC(C)C2. The number of halogens is 1. The second-order valence-corrected chi connectivity index (χ2v) is 10.4. The van der Waals surface area contributed by atoms with Crippen LogP contribution in [0.2, 0.25) is 0 Å². The van der Waals surface area contributed by atoms with E-state index in [-0.39, 0.29) is 36.7 Å². The molecule has 1 aromatic carbocycles. The zero-order valence-corrected chi connectivity index (χ0v) is 21.4. The number of carbonyl (C=O) groups excluding carboxylic acids is 2. The second-order valence-electron chi connectivity index (χ2n) is 8.31. The number of benzene rings is 1. The van der Waals surface area contributed by atoms with Gasteiger partial charge in [0.2, 0.25) is 5.91 Å². The van der Waals surface area contributed by atoms with Crippen LogP contribution >= 0.6 is 23.1 Å². The Labute approximate surface area is 211 Å². The smallest absolute Gasteiger partial charge is 0.341 e. The van der Waals surface area contributed by atoms with Gasteiger partial charge < -0.3 is 19.4 Å². The Morgan fingerprint density at radius 2 is 2.06 bits per heavy atom. The van der Waals surface area contributed by atoms with E-state index >= 15 is 0 Å². The van der Waals surface area contributed by atoms with Gasteiger partial charge in [-0.15, -0.1) is 21.5 Å². The summed E-state index contributed by atoms with van der Waals surface area (Å²) in [7, 11) is 1.79. The van der Waals surface area contributed by atoms with Crippen molar-refractivity contribution in [2.24, 2.45) is 13.0 Å². The van der Waals surface area contributed by atoms with Gasteiger partial charge in [-0.25, -0.2) is 9.18 Å². The summed E-state index contributed by atoms with van der Waals surface area (Å²) in [5.41, 5.74) is 1.50. The van der Waals surface area contributed by atoms with Crippen LogP contribution in [0.5, 0.6) is 5.75 Å². The normalized spacial score (nSPS) is 14.9. The van der Waals surface area contributed by atoms with Crippen LogP contribution in [-0.4, -0.2) is 39.0 Å². The van der Waals surface area contributed by atoms with Gasteiger partial charge in [-0.05, 0) is 61.9 Å². The van der Waals surface area contributed by atoms with E-state index in [9.17, 15) is 14.0 Å². The second kappa shape index (κ2) is 11.2. The molecule has 4 rings (SSSR count). The molecule has 0 radical (unpaired) electrons. The van der Waals surface area contributed by atoms with E-state index in [2.05, 4.69) is 22.4 Å². The molecule has 0 aliphatic heterocycles. The van der Waals surface area contributed by atoms with Crippen molar-refractivity contribution < 1.29 is 23.5 Å². The monoisotopic (exact) mass is 518 g/mol. The lowest BCUT2D eigenvalue weighted by atomic mass is 9.88. The summed E-state index contributed by atoms with van der Waals surface area (Å²) in [5, 5.41) is 12.3. The largest absolute Gasteiger partial charge is 0.486 e. The van der Waals surface area contributed by atoms with Gasteiger partial charge in [0.1, 0.15) is 23.2 Å². The van der Waals surface area contributed by atoms with Gasteiger partial charge in [0.15, 0.2) is 11.0 Å². The number of nitrogens with one attached hydrogen (secondary N) is 1. The molecule has 0 saturated carbocycles. The molecule has 35 heavy (non-hydrogen) atoms. The Morgan fingerprint density at radius 3 is 2.80 bits per heavy atom. The van der Waals surface area contributed by atoms with Crippen LogP contribution in [0, 0.1) is 11.7 Å². The first-order valence-corrected chi connectivity index (χ1v) is 13.2. The number of nitrogens with zero attached hydrogens (tertiary/aromatic N) is 3. The quantitative estimate of drug-likeness (QED) is 0.326. The molecule has 1 atom stereocenters. The van der Waals surface area contributed by atoms with E-state index in [4.69, 9.17) is 9.47 Å². The van der Waals surface area contributed by atoms with Gasteiger partial charge in [-0.1, -0.05) is 18.7 Å². The molecule has 3 aromatic rings. The number of esters is 1. The summed E-state index contributed by atoms with van der Waals surface area (Å²) >= 11 is 2.71. The molecule has 0 bridgehead atoms. The molecule has 2 heterocycles. The van der Waals surface area contributed by atoms with E-state index in [0.717, 1.165) is 29.7 Å². The number of hydrogen-bond acceptors (Lipinski definition) is 8. The molecule has 8 nitrogen and oxygen atoms in total. The van der Waals surface area contributed by atoms with Crippen LogP contribution in [0.1, 0.15) is 46.9 Å². The predicted octanol–water partition coefficient (Wildman–Crippen LogP) is 4.63. The van der Waals surface area contributed by atoms with Crippen molar-refractivity contribution in [1.82, 2.24) is 14.8 Å². The minimum absolute atomic E-state index is 0.103. The first-order chi connectivity index (χ1) is 16.9. The number of thioether (sulfide) groups is 1. The predicted molar refractivity (Wildman–Crippen MR) is 133 cm³/mol. The van der Waals surface area contributed by atoms with Gasteiger partial charge in [-0.3, -0.25) is 4.79 Å². The third-order valence-corrected chi connectivity index (χ3v) is 7.87. The highest BCUT2D eigenvalue weighted by Crippen LogP contribution is 2.40. The van der Waals surface area contributed by atoms with Crippen molar-refractivity contribution in [3.63, 3.8) is 0 Å². The summed E-state index contributed by atoms with van der Waals surface area (Å²) in [6.45, 7) is 4.40. The van der Waals surface area contributed by atoms with Crippen molar-refractivity contribution in [3.05, 3.63) is 51.9 Å². The molecule has 0 spiro atoms. The van der Waals surface area contributed by atoms with Crippen molar-refractivity contribution in [1.29, 1.82) is 0 Å². The Bertz CT molecular complexity index is 1210. The standard InChI is InChI=1S/C24H27FN4O4S2/c1-4-32-23(31)21-17-10-5-14(2)11-18(17)35-22(21)26-20(30)13-34-24-28-27-19(29(24)3)12-33-16-8-6-15(25)7-9-16/h6-9,14H,4-5,10-13H2,1-3H3,(H,26,30). The van der Waals surface area contributed by atoms with E-state index in [1.807, 2.05) is 0 Å². The van der Waals surface area contributed by atoms with Crippen LogP contribution in [-0.2, 0) is 36.0 Å². The highest BCUT2D eigenvalue weighted by Gasteiger charge is 2.29. The van der Waals surface area contributed by atoms with Gasteiger partial charge in [0.05, 0.1) is 17.9 Å². The molecule has 0 saturated heterocycles. The maximum Gasteiger partial charge on any atom is 0.341 e. The van der Waals surface area contributed by atoms with Crippen molar-refractivity contribution >= 4 is 40.0 Å². The summed E-state index contributed by atoms with van der Waals surface area (Å²) in [6, 6.07) is 5.73. The molecule has 186 valence electrons. The number of rotatable bonds is 9. The maximum absolute atomic E-state index is 13.0. The fourth-order valence-corrected chi connectivity index (χ4v) is 5.97. The number of amides is 1. The first kappa shape index (κ1) is 25.2. The fraction of sp³-hybridized carbons (Fsp3) is 0.417. The van der Waals surface area contributed by atoms with Crippen molar-refractivity contribution in [2.45, 2.75) is 44.9 Å². The van der Waals surface area contributed by atoms with Gasteiger partial charge in [0, 0.05) is 11.9 Å². The Balaban J connectivity index is 1.38. The zero-order chi connectivity index (χ0) is 24.9. The van der Waals surface area contributed by atoms with Crippen LogP contribution in [0.15, 0.2) is 29.4 Å². The lowest BCUT2D eigenvalue weighted by Crippen LogP contribution is -2.18. The van der Waals surface area contributed by atoms with Crippen LogP contribution in [0.3, 0.4) is 0 Å². The first-order valence-electron chi connectivity index (χ1n) is 11.4. The number of ether oxygens (including phenoxy) is 2. The number of hydrogen-bond donors (Lipinski definition) is 1. The number of anilines is 1. The van der Waals surface area contributed by atoms with E-state index in [0.29, 0.717) is 33.2 Å². The molecular formula is C24H27FN4O4S2. The molecule has 2 aromatic heterocycles. The summed E-state index contributed by atoms with van der Waals surface area (Å²) < 4.78 is 25.7. The average molecular weight is 519 g/mol. The van der Waals surface area contributed by atoms with Crippen LogP contribution < -0.4 is 10.1 Å². The van der Waals surface area contributed by atoms with E-state index < -0.39 is 0 Å². The number of aromatic nitrogens is 3. The topological polar surface area (TPSA) is 95.3 Å². The lowest BCUT2D eigenvalue weighted by molar-refractivity contribution is -0.113. The van der Waals surface area contributed by atoms with Crippen molar-refractivity contribution in [2.75, 3.05) is 17.7 Å². The summed E-state index contributed by atoms with van der Waals surface area (Å²) in [6.07, 6.45) is 2.73. The highest BCUT2D eigenvalue weighted by molar-refractivity contribution is 7.99. The molecule has 1 aliphatic carbocycles. The minimum Gasteiger partial charge on any atom is -0.486 e. The highest BCUT2D eigenvalue weighted by atomic mass is 32.2. The van der Waals surface area contributed by atoms with Gasteiger partial charge in [0.25, 0.3) is 0 Å². The summed E-state index contributed by atoms with van der Waals surface area (Å²) in [5.74, 6) is 0.787. The number of carbonyl (C=O) groups is 2. The average Bonchev–Trinajstić information content (AvgIpc) is 3.36. The maximum atomic E-state index is 13.0. The van der Waals surface area contributed by atoms with E-state index in [1.54, 1.807) is 30.7 Å². The van der Waals surface area contributed by atoms with Crippen molar-refractivity contribution in [3.8, 4) is 5.75 Å². The molecule has 1 amide bonds. The molecule has 11 heteroatoms. The third-order valence-electron chi connectivity index (χ3n) is 5.68. The van der Waals surface area contributed by atoms with Gasteiger partial charge in [-0.2, -0.15) is 0 Å². The minimum atomic E-state index is -0.387. The molecule has 1 aliphatic rings. The molecular weight excluding hydrogens is 491 g/mol. The third kappa shape index (κ3) is 6.02.